The van der Waals surface area contributed by atoms with Crippen LogP contribution in [0.2, 0.25) is 0 Å². The first-order chi connectivity index (χ1) is 6.27. The molecule has 2 rings (SSSR count). The molecule has 13 heavy (non-hydrogen) atoms. The summed E-state index contributed by atoms with van der Waals surface area (Å²) in [7, 11) is 0. The Morgan fingerprint density at radius 3 is 2.92 bits per heavy atom. The van der Waals surface area contributed by atoms with E-state index in [1.54, 1.807) is 6.20 Å². The molecule has 2 N–H and O–H groups in total. The summed E-state index contributed by atoms with van der Waals surface area (Å²) < 4.78 is 0. The summed E-state index contributed by atoms with van der Waals surface area (Å²) in [6, 6.07) is 0.391. The summed E-state index contributed by atoms with van der Waals surface area (Å²) in [5.74, 6) is -0.00375. The highest BCUT2D eigenvalue weighted by atomic mass is 16.1. The summed E-state index contributed by atoms with van der Waals surface area (Å²) in [5.41, 5.74) is 1.49. The number of amides is 1. The van der Waals surface area contributed by atoms with Gasteiger partial charge in [-0.25, -0.2) is 0 Å². The van der Waals surface area contributed by atoms with Crippen LogP contribution < -0.4 is 5.32 Å². The van der Waals surface area contributed by atoms with Gasteiger partial charge in [-0.2, -0.15) is 5.10 Å². The second kappa shape index (κ2) is 3.20. The molecule has 1 aliphatic rings. The molecule has 0 aromatic carbocycles. The minimum Gasteiger partial charge on any atom is -0.349 e. The van der Waals surface area contributed by atoms with E-state index in [-0.39, 0.29) is 5.91 Å². The Bertz CT molecular complexity index is 314. The van der Waals surface area contributed by atoms with E-state index in [0.717, 1.165) is 18.5 Å². The van der Waals surface area contributed by atoms with E-state index in [1.165, 1.54) is 6.42 Å². The molecule has 0 aliphatic heterocycles. The van der Waals surface area contributed by atoms with Crippen molar-refractivity contribution in [2.45, 2.75) is 32.2 Å². The van der Waals surface area contributed by atoms with Gasteiger partial charge in [0.05, 0.1) is 11.8 Å². The average molecular weight is 179 g/mol. The van der Waals surface area contributed by atoms with Gasteiger partial charge >= 0.3 is 0 Å². The maximum Gasteiger partial charge on any atom is 0.254 e. The van der Waals surface area contributed by atoms with Crippen LogP contribution in [0.3, 0.4) is 0 Å². The van der Waals surface area contributed by atoms with Gasteiger partial charge in [0.2, 0.25) is 0 Å². The zero-order chi connectivity index (χ0) is 9.26. The lowest BCUT2D eigenvalue weighted by atomic mass is 9.93. The first kappa shape index (κ1) is 8.29. The van der Waals surface area contributed by atoms with Crippen molar-refractivity contribution in [2.24, 2.45) is 0 Å². The van der Waals surface area contributed by atoms with Crippen molar-refractivity contribution in [2.75, 3.05) is 0 Å². The van der Waals surface area contributed by atoms with Crippen LogP contribution in [-0.2, 0) is 0 Å². The van der Waals surface area contributed by atoms with E-state index < -0.39 is 0 Å². The second-order valence-corrected chi connectivity index (χ2v) is 3.51. The molecule has 0 radical (unpaired) electrons. The molecular formula is C9H13N3O. The van der Waals surface area contributed by atoms with Crippen molar-refractivity contribution in [3.63, 3.8) is 0 Å². The van der Waals surface area contributed by atoms with Crippen molar-refractivity contribution in [1.29, 1.82) is 0 Å². The normalized spacial score (nSPS) is 16.7. The predicted octanol–water partition coefficient (Wildman–Crippen LogP) is 1.00. The number of nitrogens with zero attached hydrogens (tertiary/aromatic N) is 1. The van der Waals surface area contributed by atoms with Gasteiger partial charge in [0.1, 0.15) is 0 Å². The van der Waals surface area contributed by atoms with Crippen LogP contribution in [0, 0.1) is 6.92 Å². The molecule has 1 heterocycles. The molecule has 1 aliphatic carbocycles. The van der Waals surface area contributed by atoms with E-state index in [2.05, 4.69) is 15.5 Å². The third-order valence-electron chi connectivity index (χ3n) is 2.51. The molecule has 0 unspecified atom stereocenters. The van der Waals surface area contributed by atoms with E-state index in [0.29, 0.717) is 11.6 Å². The fourth-order valence-electron chi connectivity index (χ4n) is 1.40. The van der Waals surface area contributed by atoms with Crippen molar-refractivity contribution in [3.8, 4) is 0 Å². The molecule has 1 saturated carbocycles. The number of H-pyrrole nitrogens is 1. The van der Waals surface area contributed by atoms with Crippen LogP contribution in [0.5, 0.6) is 0 Å². The van der Waals surface area contributed by atoms with Gasteiger partial charge in [-0.15, -0.1) is 0 Å². The molecule has 1 amide bonds. The fourth-order valence-corrected chi connectivity index (χ4v) is 1.40. The Hall–Kier alpha value is -1.32. The fraction of sp³-hybridized carbons (Fsp3) is 0.556. The van der Waals surface area contributed by atoms with E-state index >= 15 is 0 Å². The average Bonchev–Trinajstić information content (AvgIpc) is 2.43. The number of carbonyl (C=O) groups excluding carboxylic acids is 1. The highest BCUT2D eigenvalue weighted by molar-refractivity contribution is 5.95. The molecular weight excluding hydrogens is 166 g/mol. The molecule has 0 bridgehead atoms. The Morgan fingerprint density at radius 2 is 2.46 bits per heavy atom. The zero-order valence-electron chi connectivity index (χ0n) is 7.63. The summed E-state index contributed by atoms with van der Waals surface area (Å²) in [6.45, 7) is 1.85. The Morgan fingerprint density at radius 1 is 1.69 bits per heavy atom. The first-order valence-electron chi connectivity index (χ1n) is 4.58. The van der Waals surface area contributed by atoms with Gasteiger partial charge in [-0.1, -0.05) is 0 Å². The molecule has 0 saturated heterocycles. The van der Waals surface area contributed by atoms with Gasteiger partial charge in [0.15, 0.2) is 0 Å². The molecule has 70 valence electrons. The molecule has 4 heteroatoms. The number of hydrogen-bond donors (Lipinski definition) is 2. The maximum atomic E-state index is 11.6. The number of hydrogen-bond acceptors (Lipinski definition) is 2. The lowest BCUT2D eigenvalue weighted by Crippen LogP contribution is -2.39. The highest BCUT2D eigenvalue weighted by Crippen LogP contribution is 2.18. The summed E-state index contributed by atoms with van der Waals surface area (Å²) >= 11 is 0. The number of aromatic nitrogens is 2. The molecule has 1 fully saturated rings. The lowest BCUT2D eigenvalue weighted by Gasteiger charge is -2.26. The number of nitrogens with one attached hydrogen (secondary N) is 2. The smallest absolute Gasteiger partial charge is 0.254 e. The van der Waals surface area contributed by atoms with Crippen LogP contribution in [0.25, 0.3) is 0 Å². The van der Waals surface area contributed by atoms with Crippen molar-refractivity contribution in [3.05, 3.63) is 17.5 Å². The van der Waals surface area contributed by atoms with Crippen molar-refractivity contribution < 1.29 is 4.79 Å². The van der Waals surface area contributed by atoms with Gasteiger partial charge in [0.25, 0.3) is 5.91 Å². The van der Waals surface area contributed by atoms with Crippen LogP contribution >= 0.6 is 0 Å². The molecule has 1 aromatic rings. The standard InChI is InChI=1S/C9H13N3O/c1-6-8(5-10-12-6)9(13)11-7-3-2-4-7/h5,7H,2-4H2,1H3,(H,10,12)(H,11,13). The third-order valence-corrected chi connectivity index (χ3v) is 2.51. The third kappa shape index (κ3) is 1.56. The van der Waals surface area contributed by atoms with E-state index in [9.17, 15) is 4.79 Å². The van der Waals surface area contributed by atoms with Crippen molar-refractivity contribution in [1.82, 2.24) is 15.5 Å². The summed E-state index contributed by atoms with van der Waals surface area (Å²) in [6.07, 6.45) is 5.03. The quantitative estimate of drug-likeness (QED) is 0.711. The number of rotatable bonds is 2. The molecule has 0 spiro atoms. The van der Waals surface area contributed by atoms with E-state index in [1.807, 2.05) is 6.92 Å². The number of aromatic amines is 1. The Balaban J connectivity index is 2.00. The minimum atomic E-state index is -0.00375. The summed E-state index contributed by atoms with van der Waals surface area (Å²) in [4.78, 5) is 11.6. The highest BCUT2D eigenvalue weighted by Gasteiger charge is 2.21. The van der Waals surface area contributed by atoms with Crippen molar-refractivity contribution >= 4 is 5.91 Å². The van der Waals surface area contributed by atoms with Gasteiger partial charge in [-0.3, -0.25) is 9.89 Å². The molecule has 1 aromatic heterocycles. The SMILES string of the molecule is Cc1[nH]ncc1C(=O)NC1CCC1. The topological polar surface area (TPSA) is 57.8 Å². The van der Waals surface area contributed by atoms with Crippen LogP contribution in [0.4, 0.5) is 0 Å². The Kier molecular flexibility index (Phi) is 2.04. The monoisotopic (exact) mass is 179 g/mol. The molecule has 4 nitrogen and oxygen atoms in total. The van der Waals surface area contributed by atoms with Crippen LogP contribution in [0.15, 0.2) is 6.20 Å². The predicted molar refractivity (Wildman–Crippen MR) is 48.4 cm³/mol. The lowest BCUT2D eigenvalue weighted by molar-refractivity contribution is 0.0916. The summed E-state index contributed by atoms with van der Waals surface area (Å²) in [5, 5.41) is 9.52. The van der Waals surface area contributed by atoms with Crippen LogP contribution in [-0.4, -0.2) is 22.1 Å². The van der Waals surface area contributed by atoms with Gasteiger partial charge < -0.3 is 5.32 Å². The van der Waals surface area contributed by atoms with Gasteiger partial charge in [-0.05, 0) is 26.2 Å². The second-order valence-electron chi connectivity index (χ2n) is 3.51. The Labute approximate surface area is 76.7 Å². The molecule has 0 atom stereocenters. The maximum absolute atomic E-state index is 11.6. The van der Waals surface area contributed by atoms with Gasteiger partial charge in [0, 0.05) is 11.7 Å². The van der Waals surface area contributed by atoms with Crippen LogP contribution in [0.1, 0.15) is 35.3 Å². The number of aryl methyl sites for hydroxylation is 1. The zero-order valence-corrected chi connectivity index (χ0v) is 7.63. The first-order valence-corrected chi connectivity index (χ1v) is 4.58. The number of carbonyl (C=O) groups is 1. The minimum absolute atomic E-state index is 0.00375. The largest absolute Gasteiger partial charge is 0.349 e. The van der Waals surface area contributed by atoms with E-state index in [4.69, 9.17) is 0 Å².